The van der Waals surface area contributed by atoms with Crippen LogP contribution in [0.3, 0.4) is 0 Å². The maximum Gasteiger partial charge on any atom is 0.416 e. The molecular formula is C28H25F3N4O2S. The average molecular weight is 539 g/mol. The molecule has 0 unspecified atom stereocenters. The summed E-state index contributed by atoms with van der Waals surface area (Å²) < 4.78 is 43.1. The molecule has 5 rings (SSSR count). The van der Waals surface area contributed by atoms with E-state index < -0.39 is 29.6 Å². The van der Waals surface area contributed by atoms with Crippen LogP contribution in [0.2, 0.25) is 0 Å². The van der Waals surface area contributed by atoms with Gasteiger partial charge in [-0.3, -0.25) is 19.2 Å². The molecule has 1 atom stereocenters. The van der Waals surface area contributed by atoms with E-state index in [2.05, 4.69) is 10.4 Å². The first kappa shape index (κ1) is 25.7. The highest BCUT2D eigenvalue weighted by molar-refractivity contribution is 7.16. The molecule has 2 aromatic heterocycles. The van der Waals surface area contributed by atoms with Crippen molar-refractivity contribution in [3.63, 3.8) is 0 Å². The van der Waals surface area contributed by atoms with Crippen molar-refractivity contribution in [2.75, 3.05) is 11.9 Å². The predicted octanol–water partition coefficient (Wildman–Crippen LogP) is 6.05. The van der Waals surface area contributed by atoms with Crippen molar-refractivity contribution in [2.45, 2.75) is 32.0 Å². The lowest BCUT2D eigenvalue weighted by Gasteiger charge is -2.25. The van der Waals surface area contributed by atoms with Crippen LogP contribution in [-0.4, -0.2) is 39.1 Å². The summed E-state index contributed by atoms with van der Waals surface area (Å²) in [5.74, 6) is -0.894. The lowest BCUT2D eigenvalue weighted by Crippen LogP contribution is -2.41. The minimum atomic E-state index is -4.53. The second-order valence-electron chi connectivity index (χ2n) is 9.11. The van der Waals surface area contributed by atoms with Crippen molar-refractivity contribution in [2.24, 2.45) is 7.05 Å². The number of nitrogens with zero attached hydrogens (tertiary/aromatic N) is 3. The van der Waals surface area contributed by atoms with Gasteiger partial charge in [-0.05, 0) is 48.7 Å². The number of aryl methyl sites for hydroxylation is 2. The van der Waals surface area contributed by atoms with Gasteiger partial charge in [0.05, 0.1) is 27.4 Å². The minimum absolute atomic E-state index is 0.0382. The number of benzene rings is 2. The molecule has 0 fully saturated rings. The van der Waals surface area contributed by atoms with Crippen LogP contribution in [0.25, 0.3) is 11.3 Å². The highest BCUT2D eigenvalue weighted by Crippen LogP contribution is 2.37. The van der Waals surface area contributed by atoms with Crippen molar-refractivity contribution in [3.8, 4) is 11.3 Å². The molecule has 1 aliphatic heterocycles. The topological polar surface area (TPSA) is 67.2 Å². The first-order valence-electron chi connectivity index (χ1n) is 12.1. The summed E-state index contributed by atoms with van der Waals surface area (Å²) in [4.78, 5) is 28.3. The number of nitrogens with one attached hydrogen (secondary N) is 1. The van der Waals surface area contributed by atoms with Crippen molar-refractivity contribution in [3.05, 3.63) is 94.0 Å². The molecule has 0 spiro atoms. The van der Waals surface area contributed by atoms with Crippen LogP contribution in [0.15, 0.2) is 66.9 Å². The molecule has 6 nitrogen and oxygen atoms in total. The zero-order valence-corrected chi connectivity index (χ0v) is 21.6. The summed E-state index contributed by atoms with van der Waals surface area (Å²) in [6.07, 6.45) is -2.10. The number of aromatic nitrogens is 2. The van der Waals surface area contributed by atoms with Gasteiger partial charge in [0.1, 0.15) is 0 Å². The van der Waals surface area contributed by atoms with Crippen LogP contribution >= 0.6 is 11.3 Å². The zero-order chi connectivity index (χ0) is 27.0. The molecule has 0 aliphatic carbocycles. The Morgan fingerprint density at radius 3 is 2.24 bits per heavy atom. The molecule has 3 heterocycles. The van der Waals surface area contributed by atoms with E-state index in [4.69, 9.17) is 0 Å². The number of anilines is 1. The van der Waals surface area contributed by atoms with Crippen molar-refractivity contribution in [1.82, 2.24) is 14.7 Å². The van der Waals surface area contributed by atoms with E-state index in [1.165, 1.54) is 23.5 Å². The molecular weight excluding hydrogens is 513 g/mol. The third kappa shape index (κ3) is 4.83. The van der Waals surface area contributed by atoms with E-state index in [1.54, 1.807) is 41.2 Å². The Kier molecular flexibility index (Phi) is 6.83. The highest BCUT2D eigenvalue weighted by Gasteiger charge is 2.38. The summed E-state index contributed by atoms with van der Waals surface area (Å²) in [5.41, 5.74) is 1.86. The van der Waals surface area contributed by atoms with Crippen molar-refractivity contribution in [1.29, 1.82) is 0 Å². The predicted molar refractivity (Wildman–Crippen MR) is 140 cm³/mol. The molecule has 10 heteroatoms. The fraction of sp³-hybridized carbons (Fsp3) is 0.250. The second kappa shape index (κ2) is 10.1. The Labute approximate surface area is 221 Å². The van der Waals surface area contributed by atoms with Crippen LogP contribution in [0.1, 0.15) is 43.6 Å². The summed E-state index contributed by atoms with van der Waals surface area (Å²) in [6.45, 7) is 1.95. The van der Waals surface area contributed by atoms with Gasteiger partial charge in [0.15, 0.2) is 0 Å². The molecule has 1 N–H and O–H groups in total. The van der Waals surface area contributed by atoms with Gasteiger partial charge in [0, 0.05) is 36.3 Å². The molecule has 0 saturated heterocycles. The van der Waals surface area contributed by atoms with E-state index in [0.29, 0.717) is 11.1 Å². The van der Waals surface area contributed by atoms with E-state index in [1.807, 2.05) is 26.1 Å². The maximum absolute atomic E-state index is 13.8. The maximum atomic E-state index is 13.8. The van der Waals surface area contributed by atoms with Crippen LogP contribution in [0, 0.1) is 0 Å². The van der Waals surface area contributed by atoms with Gasteiger partial charge in [-0.2, -0.15) is 18.3 Å². The molecule has 1 aliphatic rings. The number of alkyl halides is 3. The lowest BCUT2D eigenvalue weighted by atomic mass is 9.99. The molecule has 38 heavy (non-hydrogen) atoms. The first-order valence-corrected chi connectivity index (χ1v) is 13.0. The lowest BCUT2D eigenvalue weighted by molar-refractivity contribution is -0.138. The SMILES string of the molecule is CCc1sc(N[C@@H](Cc2ccccc2C(F)(F)F)CN2C(=O)c3ccccc3C2=O)cc1-c1ccnn1C. The molecule has 2 aromatic carbocycles. The van der Waals surface area contributed by atoms with Gasteiger partial charge >= 0.3 is 6.18 Å². The number of carbonyl (C=O) groups excluding carboxylic acids is 2. The minimum Gasteiger partial charge on any atom is -0.372 e. The van der Waals surface area contributed by atoms with Gasteiger partial charge in [-0.1, -0.05) is 37.3 Å². The highest BCUT2D eigenvalue weighted by atomic mass is 32.1. The number of carbonyl (C=O) groups is 2. The molecule has 4 aromatic rings. The summed E-state index contributed by atoms with van der Waals surface area (Å²) >= 11 is 1.50. The molecule has 0 saturated carbocycles. The van der Waals surface area contributed by atoms with E-state index in [9.17, 15) is 22.8 Å². The zero-order valence-electron chi connectivity index (χ0n) is 20.7. The van der Waals surface area contributed by atoms with Gasteiger partial charge < -0.3 is 5.32 Å². The molecule has 0 radical (unpaired) electrons. The molecule has 0 bridgehead atoms. The Hall–Kier alpha value is -3.92. The Balaban J connectivity index is 1.49. The van der Waals surface area contributed by atoms with Crippen LogP contribution in [0.4, 0.5) is 18.2 Å². The van der Waals surface area contributed by atoms with Crippen LogP contribution in [0.5, 0.6) is 0 Å². The number of halogens is 3. The van der Waals surface area contributed by atoms with Gasteiger partial charge in [-0.15, -0.1) is 11.3 Å². The van der Waals surface area contributed by atoms with Gasteiger partial charge in [-0.25, -0.2) is 0 Å². The summed E-state index contributed by atoms with van der Waals surface area (Å²) in [6, 6.07) is 15.1. The first-order chi connectivity index (χ1) is 18.2. The average Bonchev–Trinajstić information content (AvgIpc) is 3.56. The van der Waals surface area contributed by atoms with E-state index in [0.717, 1.165) is 38.5 Å². The van der Waals surface area contributed by atoms with Crippen molar-refractivity contribution < 1.29 is 22.8 Å². The number of thiophene rings is 1. The fourth-order valence-electron chi connectivity index (χ4n) is 4.85. The summed E-state index contributed by atoms with van der Waals surface area (Å²) in [5, 5.41) is 8.34. The number of hydrogen-bond acceptors (Lipinski definition) is 5. The molecule has 2 amide bonds. The van der Waals surface area contributed by atoms with Crippen LogP contribution in [-0.2, 0) is 26.1 Å². The standard InChI is InChI=1S/C28H25F3N4O2S/c1-3-24-21(23-12-13-32-34(23)2)15-25(38-24)33-18(14-17-8-4-7-11-22(17)28(29,30)31)16-35-26(36)19-9-5-6-10-20(19)27(35)37/h4-13,15,18,33H,3,14,16H2,1-2H3/t18-/m0/s1. The van der Waals surface area contributed by atoms with Crippen molar-refractivity contribution >= 4 is 28.2 Å². The smallest absolute Gasteiger partial charge is 0.372 e. The normalized spacial score (nSPS) is 14.2. The van der Waals surface area contributed by atoms with E-state index >= 15 is 0 Å². The quantitative estimate of drug-likeness (QED) is 0.278. The van der Waals surface area contributed by atoms with Crippen LogP contribution < -0.4 is 5.32 Å². The number of imide groups is 1. The van der Waals surface area contributed by atoms with E-state index in [-0.39, 0.29) is 18.5 Å². The van der Waals surface area contributed by atoms with Gasteiger partial charge in [0.25, 0.3) is 11.8 Å². The largest absolute Gasteiger partial charge is 0.416 e. The number of hydrogen-bond donors (Lipinski definition) is 1. The third-order valence-corrected chi connectivity index (χ3v) is 7.85. The second-order valence-corrected chi connectivity index (χ2v) is 10.2. The number of fused-ring (bicyclic) bond motifs is 1. The fourth-order valence-corrected chi connectivity index (χ4v) is 5.93. The monoisotopic (exact) mass is 538 g/mol. The Morgan fingerprint density at radius 2 is 1.63 bits per heavy atom. The van der Waals surface area contributed by atoms with Gasteiger partial charge in [0.2, 0.25) is 0 Å². The molecule has 196 valence electrons. The Bertz CT molecular complexity index is 1470. The third-order valence-electron chi connectivity index (χ3n) is 6.64. The number of rotatable bonds is 8. The summed E-state index contributed by atoms with van der Waals surface area (Å²) in [7, 11) is 1.85. The Morgan fingerprint density at radius 1 is 0.974 bits per heavy atom. The number of amides is 2.